The number of hydrogen-bond acceptors (Lipinski definition) is 1. The highest BCUT2D eigenvalue weighted by atomic mass is 19.4. The first-order valence-corrected chi connectivity index (χ1v) is 3.96. The van der Waals surface area contributed by atoms with Crippen molar-refractivity contribution in [3.8, 4) is 0 Å². The number of carbonyl (C=O) groups is 1. The average Bonchev–Trinajstić information content (AvgIpc) is 2.80. The van der Waals surface area contributed by atoms with Crippen molar-refractivity contribution in [2.45, 2.75) is 30.9 Å². The molecule has 1 saturated carbocycles. The molecule has 1 N–H and O–H groups in total. The van der Waals surface area contributed by atoms with E-state index < -0.39 is 42.2 Å². The molecule has 94 valence electrons. The molecule has 0 aliphatic heterocycles. The molecule has 1 aliphatic rings. The van der Waals surface area contributed by atoms with Crippen molar-refractivity contribution in [1.82, 2.24) is 0 Å². The maximum atomic E-state index is 12.9. The minimum Gasteiger partial charge on any atom is -0.481 e. The van der Waals surface area contributed by atoms with Crippen molar-refractivity contribution in [3.05, 3.63) is 0 Å². The van der Waals surface area contributed by atoms with Gasteiger partial charge in [0.05, 0.1) is 0 Å². The number of alkyl halides is 7. The zero-order valence-corrected chi connectivity index (χ0v) is 7.42. The van der Waals surface area contributed by atoms with Gasteiger partial charge in [0.2, 0.25) is 0 Å². The van der Waals surface area contributed by atoms with E-state index in [1.807, 2.05) is 0 Å². The Morgan fingerprint density at radius 1 is 1.00 bits per heavy atom. The molecule has 9 heteroatoms. The highest BCUT2D eigenvalue weighted by Crippen LogP contribution is 2.64. The second kappa shape index (κ2) is 3.01. The summed E-state index contributed by atoms with van der Waals surface area (Å²) in [6, 6.07) is 0. The van der Waals surface area contributed by atoms with Gasteiger partial charge in [-0.15, -0.1) is 0 Å². The second-order valence-electron chi connectivity index (χ2n) is 3.53. The molecule has 0 spiro atoms. The largest absolute Gasteiger partial charge is 0.481 e. The Hall–Kier alpha value is -1.02. The minimum absolute atomic E-state index is 0.902. The van der Waals surface area contributed by atoms with Crippen molar-refractivity contribution in [3.63, 3.8) is 0 Å². The van der Waals surface area contributed by atoms with Crippen LogP contribution in [0.15, 0.2) is 0 Å². The highest BCUT2D eigenvalue weighted by Gasteiger charge is 2.84. The fourth-order valence-electron chi connectivity index (χ4n) is 1.27. The molecule has 0 aromatic heterocycles. The Morgan fingerprint density at radius 3 is 1.56 bits per heavy atom. The fourth-order valence-corrected chi connectivity index (χ4v) is 1.27. The molecule has 0 aromatic rings. The van der Waals surface area contributed by atoms with Crippen LogP contribution in [0.2, 0.25) is 0 Å². The predicted octanol–water partition coefficient (Wildman–Crippen LogP) is 2.68. The summed E-state index contributed by atoms with van der Waals surface area (Å²) in [5.74, 6) is -14.3. The first-order chi connectivity index (χ1) is 6.90. The van der Waals surface area contributed by atoms with E-state index in [1.165, 1.54) is 0 Å². The van der Waals surface area contributed by atoms with Gasteiger partial charge < -0.3 is 5.11 Å². The third-order valence-electron chi connectivity index (χ3n) is 2.51. The zero-order valence-electron chi connectivity index (χ0n) is 7.42. The van der Waals surface area contributed by atoms with E-state index in [9.17, 15) is 35.5 Å². The third-order valence-corrected chi connectivity index (χ3v) is 2.51. The molecular weight excluding hydrogens is 249 g/mol. The number of rotatable bonds is 3. The molecule has 1 aliphatic carbocycles. The topological polar surface area (TPSA) is 37.3 Å². The van der Waals surface area contributed by atoms with E-state index in [0.717, 1.165) is 0 Å². The predicted molar refractivity (Wildman–Crippen MR) is 35.3 cm³/mol. The molecule has 0 atom stereocenters. The summed E-state index contributed by atoms with van der Waals surface area (Å²) in [7, 11) is 0. The zero-order chi connectivity index (χ0) is 13.0. The van der Waals surface area contributed by atoms with Gasteiger partial charge in [0, 0.05) is 0 Å². The van der Waals surface area contributed by atoms with Crippen molar-refractivity contribution in [1.29, 1.82) is 0 Å². The Labute approximate surface area is 84.0 Å². The van der Waals surface area contributed by atoms with Crippen LogP contribution in [0.1, 0.15) is 12.8 Å². The summed E-state index contributed by atoms with van der Waals surface area (Å²) in [6.07, 6.45) is -8.29. The lowest BCUT2D eigenvalue weighted by Crippen LogP contribution is -2.58. The Balaban J connectivity index is 3.17. The van der Waals surface area contributed by atoms with E-state index in [4.69, 9.17) is 5.11 Å². The number of hydrogen-bond donors (Lipinski definition) is 1. The highest BCUT2D eigenvalue weighted by molar-refractivity contribution is 5.79. The van der Waals surface area contributed by atoms with Crippen molar-refractivity contribution < 1.29 is 40.6 Å². The summed E-state index contributed by atoms with van der Waals surface area (Å²) in [4.78, 5) is 10.3. The first-order valence-electron chi connectivity index (χ1n) is 3.96. The van der Waals surface area contributed by atoms with Crippen LogP contribution >= 0.6 is 0 Å². The second-order valence-corrected chi connectivity index (χ2v) is 3.53. The van der Waals surface area contributed by atoms with Crippen LogP contribution in [-0.2, 0) is 4.79 Å². The quantitative estimate of drug-likeness (QED) is 0.786. The van der Waals surface area contributed by atoms with Crippen LogP contribution in [0.3, 0.4) is 0 Å². The lowest BCUT2D eigenvalue weighted by atomic mass is 9.92. The minimum atomic E-state index is -6.48. The average molecular weight is 254 g/mol. The molecule has 0 heterocycles. The lowest BCUT2D eigenvalue weighted by Gasteiger charge is -2.32. The summed E-state index contributed by atoms with van der Waals surface area (Å²) in [5, 5.41) is 8.29. The molecule has 0 amide bonds. The Morgan fingerprint density at radius 2 is 1.38 bits per heavy atom. The molecule has 0 aromatic carbocycles. The van der Waals surface area contributed by atoms with E-state index in [0.29, 0.717) is 0 Å². The molecule has 0 unspecified atom stereocenters. The van der Waals surface area contributed by atoms with Crippen LogP contribution in [-0.4, -0.2) is 29.1 Å². The van der Waals surface area contributed by atoms with Gasteiger partial charge in [-0.1, -0.05) is 0 Å². The van der Waals surface area contributed by atoms with Gasteiger partial charge in [-0.3, -0.25) is 4.79 Å². The lowest BCUT2D eigenvalue weighted by molar-refractivity contribution is -0.367. The van der Waals surface area contributed by atoms with Gasteiger partial charge in [-0.05, 0) is 12.8 Å². The number of carboxylic acids is 1. The van der Waals surface area contributed by atoms with Crippen LogP contribution in [0, 0.1) is 5.41 Å². The molecule has 1 rings (SSSR count). The van der Waals surface area contributed by atoms with Crippen molar-refractivity contribution >= 4 is 5.97 Å². The summed E-state index contributed by atoms with van der Waals surface area (Å²) in [6.45, 7) is 0. The maximum Gasteiger partial charge on any atom is 0.459 e. The van der Waals surface area contributed by atoms with E-state index in [-0.39, 0.29) is 0 Å². The van der Waals surface area contributed by atoms with Crippen LogP contribution in [0.5, 0.6) is 0 Å². The summed E-state index contributed by atoms with van der Waals surface area (Å²) >= 11 is 0. The van der Waals surface area contributed by atoms with E-state index >= 15 is 0 Å². The van der Waals surface area contributed by atoms with E-state index in [1.54, 1.807) is 0 Å². The SMILES string of the molecule is O=C(O)C1(C(F)(F)C(F)(F)C(F)(F)F)CC1. The van der Waals surface area contributed by atoms with Gasteiger partial charge in [0.25, 0.3) is 0 Å². The smallest absolute Gasteiger partial charge is 0.459 e. The number of aliphatic carboxylic acids is 1. The Bertz CT molecular complexity index is 315. The standard InChI is InChI=1S/C7H5F7O2/c8-5(9,4(1-2-4)3(15)16)6(10,11)7(12,13)14/h1-2H2,(H,15,16). The molecule has 16 heavy (non-hydrogen) atoms. The molecular formula is C7H5F7O2. The van der Waals surface area contributed by atoms with Crippen LogP contribution < -0.4 is 0 Å². The van der Waals surface area contributed by atoms with Gasteiger partial charge in [-0.25, -0.2) is 0 Å². The van der Waals surface area contributed by atoms with Gasteiger partial charge in [0.15, 0.2) is 0 Å². The van der Waals surface area contributed by atoms with Gasteiger partial charge in [0.1, 0.15) is 5.41 Å². The number of carboxylic acid groups (broad SMARTS) is 1. The van der Waals surface area contributed by atoms with Crippen LogP contribution in [0.4, 0.5) is 30.7 Å². The maximum absolute atomic E-state index is 12.9. The fraction of sp³-hybridized carbons (Fsp3) is 0.857. The molecule has 1 fully saturated rings. The number of halogens is 7. The third kappa shape index (κ3) is 1.36. The monoisotopic (exact) mass is 254 g/mol. The van der Waals surface area contributed by atoms with Crippen molar-refractivity contribution in [2.75, 3.05) is 0 Å². The summed E-state index contributed by atoms with van der Waals surface area (Å²) < 4.78 is 86.0. The summed E-state index contributed by atoms with van der Waals surface area (Å²) in [5.41, 5.74) is -3.30. The molecule has 0 saturated heterocycles. The van der Waals surface area contributed by atoms with Crippen LogP contribution in [0.25, 0.3) is 0 Å². The van der Waals surface area contributed by atoms with Gasteiger partial charge >= 0.3 is 24.0 Å². The van der Waals surface area contributed by atoms with Gasteiger partial charge in [-0.2, -0.15) is 30.7 Å². The van der Waals surface area contributed by atoms with Crippen molar-refractivity contribution in [2.24, 2.45) is 5.41 Å². The van der Waals surface area contributed by atoms with E-state index in [2.05, 4.69) is 0 Å². The first kappa shape index (κ1) is 13.0. The normalized spacial score (nSPS) is 20.7. The molecule has 0 bridgehead atoms. The Kier molecular flexibility index (Phi) is 2.45. The molecule has 2 nitrogen and oxygen atoms in total. The molecule has 0 radical (unpaired) electrons.